The first-order valence-electron chi connectivity index (χ1n) is 5.51. The first-order chi connectivity index (χ1) is 6.95. The second-order valence-electron chi connectivity index (χ2n) is 4.91. The Morgan fingerprint density at radius 3 is 2.53 bits per heavy atom. The van der Waals surface area contributed by atoms with Crippen LogP contribution in [0.25, 0.3) is 0 Å². The number of methoxy groups -OCH3 is 1. The lowest BCUT2D eigenvalue weighted by molar-refractivity contribution is -0.140. The first kappa shape index (κ1) is 14.1. The summed E-state index contributed by atoms with van der Waals surface area (Å²) >= 11 is 0. The zero-order valence-corrected chi connectivity index (χ0v) is 10.4. The molecule has 0 spiro atoms. The van der Waals surface area contributed by atoms with Crippen molar-refractivity contribution in [3.63, 3.8) is 0 Å². The lowest BCUT2D eigenvalue weighted by atomic mass is 9.97. The second-order valence-corrected chi connectivity index (χ2v) is 4.91. The van der Waals surface area contributed by atoms with E-state index in [1.54, 1.807) is 0 Å². The normalized spacial score (nSPS) is 12.0. The number of unbranched alkanes of at least 4 members (excludes halogenated alkanes) is 2. The van der Waals surface area contributed by atoms with Crippen LogP contribution in [0.5, 0.6) is 0 Å². The molecule has 88 valence electrons. The number of ether oxygens (including phenoxy) is 1. The summed E-state index contributed by atoms with van der Waals surface area (Å²) in [5, 5.41) is 0. The highest BCUT2D eigenvalue weighted by Crippen LogP contribution is 2.12. The van der Waals surface area contributed by atoms with Crippen molar-refractivity contribution in [3.8, 4) is 0 Å². The minimum atomic E-state index is -0.123. The van der Waals surface area contributed by atoms with Gasteiger partial charge in [0.15, 0.2) is 0 Å². The van der Waals surface area contributed by atoms with Gasteiger partial charge in [-0.1, -0.05) is 20.8 Å². The largest absolute Gasteiger partial charge is 0.469 e. The van der Waals surface area contributed by atoms with Gasteiger partial charge in [0.2, 0.25) is 0 Å². The maximum atomic E-state index is 10.8. The van der Waals surface area contributed by atoms with Gasteiger partial charge in [-0.2, -0.15) is 0 Å². The maximum absolute atomic E-state index is 10.8. The molecule has 0 aliphatic carbocycles. The van der Waals surface area contributed by atoms with Crippen LogP contribution >= 0.6 is 0 Å². The van der Waals surface area contributed by atoms with E-state index >= 15 is 0 Å². The molecule has 0 amide bonds. The Morgan fingerprint density at radius 1 is 1.33 bits per heavy atom. The molecular formula is C12H23NO2. The summed E-state index contributed by atoms with van der Waals surface area (Å²) < 4.78 is 4.55. The molecule has 0 aromatic rings. The summed E-state index contributed by atoms with van der Waals surface area (Å²) in [4.78, 5) is 15.1. The van der Waals surface area contributed by atoms with Gasteiger partial charge < -0.3 is 4.74 Å². The van der Waals surface area contributed by atoms with Crippen molar-refractivity contribution >= 4 is 12.2 Å². The summed E-state index contributed by atoms with van der Waals surface area (Å²) in [7, 11) is 1.42. The van der Waals surface area contributed by atoms with Crippen molar-refractivity contribution in [1.29, 1.82) is 0 Å². The molecule has 0 radical (unpaired) electrons. The molecular weight excluding hydrogens is 190 g/mol. The summed E-state index contributed by atoms with van der Waals surface area (Å²) in [5.74, 6) is -0.123. The molecule has 0 aromatic carbocycles. The topological polar surface area (TPSA) is 38.7 Å². The Morgan fingerprint density at radius 2 is 2.00 bits per heavy atom. The SMILES string of the molecule is COC(=O)CCCCC=NCC(C)(C)C. The zero-order valence-electron chi connectivity index (χ0n) is 10.4. The van der Waals surface area contributed by atoms with Gasteiger partial charge >= 0.3 is 5.97 Å². The van der Waals surface area contributed by atoms with Crippen LogP contribution in [0.3, 0.4) is 0 Å². The lowest BCUT2D eigenvalue weighted by Gasteiger charge is -2.13. The van der Waals surface area contributed by atoms with Crippen LogP contribution in [0.4, 0.5) is 0 Å². The van der Waals surface area contributed by atoms with Crippen LogP contribution in [0.1, 0.15) is 46.5 Å². The molecule has 0 bridgehead atoms. The van der Waals surface area contributed by atoms with E-state index in [-0.39, 0.29) is 11.4 Å². The van der Waals surface area contributed by atoms with E-state index in [4.69, 9.17) is 0 Å². The Bertz CT molecular complexity index is 204. The number of hydrogen-bond acceptors (Lipinski definition) is 3. The second kappa shape index (κ2) is 7.43. The predicted molar refractivity (Wildman–Crippen MR) is 63.3 cm³/mol. The van der Waals surface area contributed by atoms with Gasteiger partial charge in [-0.05, 0) is 30.9 Å². The molecule has 0 aromatic heterocycles. The van der Waals surface area contributed by atoms with E-state index in [9.17, 15) is 4.79 Å². The summed E-state index contributed by atoms with van der Waals surface area (Å²) in [5.41, 5.74) is 0.266. The fourth-order valence-corrected chi connectivity index (χ4v) is 1.04. The first-order valence-corrected chi connectivity index (χ1v) is 5.51. The van der Waals surface area contributed by atoms with Gasteiger partial charge in [-0.15, -0.1) is 0 Å². The molecule has 0 saturated carbocycles. The van der Waals surface area contributed by atoms with Crippen LogP contribution in [-0.2, 0) is 9.53 Å². The monoisotopic (exact) mass is 213 g/mol. The van der Waals surface area contributed by atoms with Crippen molar-refractivity contribution in [3.05, 3.63) is 0 Å². The van der Waals surface area contributed by atoms with E-state index in [0.717, 1.165) is 25.8 Å². The third-order valence-electron chi connectivity index (χ3n) is 1.89. The van der Waals surface area contributed by atoms with E-state index in [1.807, 2.05) is 6.21 Å². The average Bonchev–Trinajstić information content (AvgIpc) is 2.14. The molecule has 3 nitrogen and oxygen atoms in total. The van der Waals surface area contributed by atoms with Crippen molar-refractivity contribution in [2.75, 3.05) is 13.7 Å². The molecule has 0 fully saturated rings. The van der Waals surface area contributed by atoms with Gasteiger partial charge in [0.05, 0.1) is 7.11 Å². The Labute approximate surface area is 92.9 Å². The smallest absolute Gasteiger partial charge is 0.305 e. The molecule has 0 atom stereocenters. The Kier molecular flexibility index (Phi) is 7.01. The molecule has 3 heteroatoms. The quantitative estimate of drug-likeness (QED) is 0.386. The number of aliphatic imine (C=N–C) groups is 1. The van der Waals surface area contributed by atoms with E-state index in [2.05, 4.69) is 30.5 Å². The highest BCUT2D eigenvalue weighted by atomic mass is 16.5. The van der Waals surface area contributed by atoms with Crippen LogP contribution in [0.15, 0.2) is 4.99 Å². The highest BCUT2D eigenvalue weighted by Gasteiger charge is 2.07. The number of carbonyl (C=O) groups is 1. The maximum Gasteiger partial charge on any atom is 0.305 e. The number of nitrogens with zero attached hydrogens (tertiary/aromatic N) is 1. The Balaban J connectivity index is 3.35. The van der Waals surface area contributed by atoms with Crippen molar-refractivity contribution < 1.29 is 9.53 Å². The van der Waals surface area contributed by atoms with Crippen LogP contribution in [0, 0.1) is 5.41 Å². The van der Waals surface area contributed by atoms with E-state index < -0.39 is 0 Å². The summed E-state index contributed by atoms with van der Waals surface area (Å²) in [6, 6.07) is 0. The minimum Gasteiger partial charge on any atom is -0.469 e. The van der Waals surface area contributed by atoms with Crippen molar-refractivity contribution in [2.45, 2.75) is 46.5 Å². The third kappa shape index (κ3) is 11.1. The molecule has 0 rings (SSSR count). The van der Waals surface area contributed by atoms with Gasteiger partial charge in [0.1, 0.15) is 0 Å². The fourth-order valence-electron chi connectivity index (χ4n) is 1.04. The number of hydrogen-bond donors (Lipinski definition) is 0. The molecule has 0 aliphatic heterocycles. The van der Waals surface area contributed by atoms with Crippen LogP contribution < -0.4 is 0 Å². The van der Waals surface area contributed by atoms with E-state index in [1.165, 1.54) is 7.11 Å². The number of esters is 1. The summed E-state index contributed by atoms with van der Waals surface area (Å²) in [6.45, 7) is 7.37. The average molecular weight is 213 g/mol. The van der Waals surface area contributed by atoms with Crippen LogP contribution in [0.2, 0.25) is 0 Å². The predicted octanol–water partition coefficient (Wildman–Crippen LogP) is 2.84. The standard InChI is InChI=1S/C12H23NO2/c1-12(2,3)10-13-9-7-5-6-8-11(14)15-4/h9H,5-8,10H2,1-4H3. The van der Waals surface area contributed by atoms with Gasteiger partial charge in [0.25, 0.3) is 0 Å². The molecule has 0 saturated heterocycles. The van der Waals surface area contributed by atoms with Crippen molar-refractivity contribution in [1.82, 2.24) is 0 Å². The van der Waals surface area contributed by atoms with Gasteiger partial charge in [-0.25, -0.2) is 0 Å². The molecule has 0 aliphatic rings. The number of rotatable bonds is 6. The minimum absolute atomic E-state index is 0.123. The van der Waals surface area contributed by atoms with E-state index in [0.29, 0.717) is 6.42 Å². The number of carbonyl (C=O) groups excluding carboxylic acids is 1. The lowest BCUT2D eigenvalue weighted by Crippen LogP contribution is -2.09. The molecule has 0 N–H and O–H groups in total. The highest BCUT2D eigenvalue weighted by molar-refractivity contribution is 5.69. The molecule has 0 unspecified atom stereocenters. The third-order valence-corrected chi connectivity index (χ3v) is 1.89. The molecule has 0 heterocycles. The Hall–Kier alpha value is -0.860. The summed E-state index contributed by atoms with van der Waals surface area (Å²) in [6.07, 6.45) is 5.32. The van der Waals surface area contributed by atoms with Gasteiger partial charge in [0, 0.05) is 13.0 Å². The van der Waals surface area contributed by atoms with Crippen molar-refractivity contribution in [2.24, 2.45) is 10.4 Å². The zero-order chi connectivity index (χ0) is 11.7. The van der Waals surface area contributed by atoms with Crippen LogP contribution in [-0.4, -0.2) is 25.8 Å². The fraction of sp³-hybridized carbons (Fsp3) is 0.833. The molecule has 15 heavy (non-hydrogen) atoms. The van der Waals surface area contributed by atoms with Gasteiger partial charge in [-0.3, -0.25) is 9.79 Å².